The molecule has 0 spiro atoms. The first-order valence-corrected chi connectivity index (χ1v) is 10.7. The molecule has 6 nitrogen and oxygen atoms in total. The Balaban J connectivity index is 1.41. The number of benzene rings is 2. The zero-order chi connectivity index (χ0) is 21.3. The molecule has 2 N–H and O–H groups in total. The summed E-state index contributed by atoms with van der Waals surface area (Å²) in [5, 5.41) is 6.45. The highest BCUT2D eigenvalue weighted by Crippen LogP contribution is 2.22. The Morgan fingerprint density at radius 3 is 2.63 bits per heavy atom. The Morgan fingerprint density at radius 1 is 1.13 bits per heavy atom. The number of amides is 3. The molecule has 2 aromatic carbocycles. The Morgan fingerprint density at radius 2 is 1.90 bits per heavy atom. The van der Waals surface area contributed by atoms with E-state index in [2.05, 4.69) is 10.6 Å². The maximum absolute atomic E-state index is 12.4. The number of carbonyl (C=O) groups excluding carboxylic acids is 2. The molecule has 0 aromatic heterocycles. The molecule has 3 rings (SSSR count). The first kappa shape index (κ1) is 22.0. The lowest BCUT2D eigenvalue weighted by atomic mass is 9.93. The number of hydrogen-bond acceptors (Lipinski definition) is 3. The van der Waals surface area contributed by atoms with Crippen molar-refractivity contribution in [3.8, 4) is 5.75 Å². The van der Waals surface area contributed by atoms with Crippen LogP contribution in [0.5, 0.6) is 5.75 Å². The molecule has 1 fully saturated rings. The minimum atomic E-state index is -0.132. The molecule has 7 heteroatoms. The van der Waals surface area contributed by atoms with Crippen molar-refractivity contribution < 1.29 is 14.3 Å². The van der Waals surface area contributed by atoms with E-state index in [1.54, 1.807) is 23.1 Å². The van der Waals surface area contributed by atoms with Crippen molar-refractivity contribution in [1.82, 2.24) is 10.2 Å². The van der Waals surface area contributed by atoms with Gasteiger partial charge in [-0.1, -0.05) is 35.9 Å². The fraction of sp³-hybridized carbons (Fsp3) is 0.391. The van der Waals surface area contributed by atoms with Crippen molar-refractivity contribution >= 4 is 29.2 Å². The molecule has 30 heavy (non-hydrogen) atoms. The molecule has 1 heterocycles. The number of ether oxygens (including phenoxy) is 1. The highest BCUT2D eigenvalue weighted by molar-refractivity contribution is 6.30. The van der Waals surface area contributed by atoms with E-state index >= 15 is 0 Å². The third-order valence-corrected chi connectivity index (χ3v) is 5.44. The van der Waals surface area contributed by atoms with Crippen LogP contribution >= 0.6 is 11.6 Å². The second kappa shape index (κ2) is 10.9. The summed E-state index contributed by atoms with van der Waals surface area (Å²) < 4.78 is 5.60. The third-order valence-electron chi connectivity index (χ3n) is 5.20. The van der Waals surface area contributed by atoms with Crippen LogP contribution in [-0.4, -0.2) is 36.5 Å². The summed E-state index contributed by atoms with van der Waals surface area (Å²) in [4.78, 5) is 26.6. The maximum Gasteiger partial charge on any atom is 0.321 e. The second-order valence-corrected chi connectivity index (χ2v) is 7.83. The first-order chi connectivity index (χ1) is 14.5. The van der Waals surface area contributed by atoms with E-state index in [4.69, 9.17) is 16.3 Å². The molecule has 0 radical (unpaired) electrons. The smallest absolute Gasteiger partial charge is 0.321 e. The van der Waals surface area contributed by atoms with Gasteiger partial charge in [-0.2, -0.15) is 0 Å². The molecule has 3 amide bonds. The summed E-state index contributed by atoms with van der Waals surface area (Å²) in [5.74, 6) is 1.12. The van der Waals surface area contributed by atoms with Crippen molar-refractivity contribution in [2.24, 2.45) is 5.92 Å². The number of nitrogens with one attached hydrogen (secondary N) is 2. The lowest BCUT2D eigenvalue weighted by Crippen LogP contribution is -2.41. The van der Waals surface area contributed by atoms with Crippen LogP contribution in [0.15, 0.2) is 48.5 Å². The number of piperidine rings is 1. The van der Waals surface area contributed by atoms with Gasteiger partial charge in [0.25, 0.3) is 0 Å². The van der Waals surface area contributed by atoms with E-state index in [9.17, 15) is 9.59 Å². The van der Waals surface area contributed by atoms with Crippen molar-refractivity contribution in [3.05, 3.63) is 59.1 Å². The molecule has 2 aromatic rings. The monoisotopic (exact) mass is 429 g/mol. The predicted octanol–water partition coefficient (Wildman–Crippen LogP) is 4.69. The van der Waals surface area contributed by atoms with Gasteiger partial charge in [0.2, 0.25) is 5.91 Å². The largest absolute Gasteiger partial charge is 0.494 e. The number of para-hydroxylation sites is 1. The summed E-state index contributed by atoms with van der Waals surface area (Å²) in [7, 11) is 0. The molecule has 160 valence electrons. The summed E-state index contributed by atoms with van der Waals surface area (Å²) in [6.45, 7) is 4.26. The van der Waals surface area contributed by atoms with E-state index < -0.39 is 0 Å². The minimum absolute atomic E-state index is 0.0307. The van der Waals surface area contributed by atoms with E-state index in [0.29, 0.717) is 43.4 Å². The summed E-state index contributed by atoms with van der Waals surface area (Å²) in [5.41, 5.74) is 1.65. The zero-order valence-electron chi connectivity index (χ0n) is 17.2. The van der Waals surface area contributed by atoms with Gasteiger partial charge in [-0.25, -0.2) is 4.79 Å². The number of hydrogen-bond donors (Lipinski definition) is 2. The fourth-order valence-electron chi connectivity index (χ4n) is 3.58. The molecule has 1 aliphatic heterocycles. The lowest BCUT2D eigenvalue weighted by Gasteiger charge is -2.31. The van der Waals surface area contributed by atoms with Gasteiger partial charge in [0.15, 0.2) is 0 Å². The van der Waals surface area contributed by atoms with E-state index in [-0.39, 0.29) is 17.9 Å². The Kier molecular flexibility index (Phi) is 7.97. The van der Waals surface area contributed by atoms with Crippen LogP contribution in [0.2, 0.25) is 5.02 Å². The van der Waals surface area contributed by atoms with Gasteiger partial charge in [-0.15, -0.1) is 0 Å². The normalized spacial score (nSPS) is 14.3. The molecule has 0 unspecified atom stereocenters. The number of nitrogens with zero attached hydrogens (tertiary/aromatic N) is 1. The number of halogens is 1. The average molecular weight is 430 g/mol. The Labute approximate surface area is 182 Å². The average Bonchev–Trinajstić information content (AvgIpc) is 2.74. The molecule has 1 saturated heterocycles. The van der Waals surface area contributed by atoms with Gasteiger partial charge in [-0.05, 0) is 49.9 Å². The van der Waals surface area contributed by atoms with Gasteiger partial charge in [-0.3, -0.25) is 4.79 Å². The van der Waals surface area contributed by atoms with E-state index in [1.165, 1.54) is 0 Å². The fourth-order valence-corrected chi connectivity index (χ4v) is 3.77. The highest BCUT2D eigenvalue weighted by Gasteiger charge is 2.24. The van der Waals surface area contributed by atoms with Crippen LogP contribution in [-0.2, 0) is 11.3 Å². The Bertz CT molecular complexity index is 866. The van der Waals surface area contributed by atoms with Crippen LogP contribution in [0.3, 0.4) is 0 Å². The molecule has 0 atom stereocenters. The number of likely N-dealkylation sites (tertiary alicyclic amines) is 1. The quantitative estimate of drug-likeness (QED) is 0.670. The van der Waals surface area contributed by atoms with Crippen molar-refractivity contribution in [3.63, 3.8) is 0 Å². The molecule has 0 aliphatic carbocycles. The number of carbonyl (C=O) groups is 2. The molecule has 0 bridgehead atoms. The van der Waals surface area contributed by atoms with Gasteiger partial charge in [0.1, 0.15) is 5.75 Å². The number of urea groups is 1. The SMILES string of the molecule is CCOc1ccccc1CNC(=O)CC1CCN(C(=O)Nc2cccc(Cl)c2)CC1. The minimum Gasteiger partial charge on any atom is -0.494 e. The molecule has 1 aliphatic rings. The topological polar surface area (TPSA) is 70.7 Å². The predicted molar refractivity (Wildman–Crippen MR) is 119 cm³/mol. The lowest BCUT2D eigenvalue weighted by molar-refractivity contribution is -0.122. The van der Waals surface area contributed by atoms with E-state index in [0.717, 1.165) is 24.2 Å². The second-order valence-electron chi connectivity index (χ2n) is 7.39. The highest BCUT2D eigenvalue weighted by atomic mass is 35.5. The third kappa shape index (κ3) is 6.39. The number of rotatable bonds is 7. The summed E-state index contributed by atoms with van der Waals surface area (Å²) in [6, 6.07) is 14.7. The van der Waals surface area contributed by atoms with Crippen LogP contribution in [0.1, 0.15) is 31.7 Å². The van der Waals surface area contributed by atoms with E-state index in [1.807, 2.05) is 37.3 Å². The van der Waals surface area contributed by atoms with Gasteiger partial charge < -0.3 is 20.3 Å². The standard InChI is InChI=1S/C23H28ClN3O3/c1-2-30-21-9-4-3-6-18(21)16-25-22(28)14-17-10-12-27(13-11-17)23(29)26-20-8-5-7-19(24)15-20/h3-9,15,17H,2,10-14,16H2,1H3,(H,25,28)(H,26,29). The van der Waals surface area contributed by atoms with Gasteiger partial charge in [0, 0.05) is 42.3 Å². The van der Waals surface area contributed by atoms with Crippen molar-refractivity contribution in [2.75, 3.05) is 25.0 Å². The number of anilines is 1. The summed E-state index contributed by atoms with van der Waals surface area (Å²) >= 11 is 5.96. The molecule has 0 saturated carbocycles. The maximum atomic E-state index is 12.4. The Hall–Kier alpha value is -2.73. The van der Waals surface area contributed by atoms with Crippen LogP contribution in [0.25, 0.3) is 0 Å². The van der Waals surface area contributed by atoms with Crippen molar-refractivity contribution in [2.45, 2.75) is 32.7 Å². The van der Waals surface area contributed by atoms with Gasteiger partial charge >= 0.3 is 6.03 Å². The molecular weight excluding hydrogens is 402 g/mol. The van der Waals surface area contributed by atoms with Crippen LogP contribution in [0, 0.1) is 5.92 Å². The van der Waals surface area contributed by atoms with Crippen LogP contribution in [0.4, 0.5) is 10.5 Å². The first-order valence-electron chi connectivity index (χ1n) is 10.3. The molecular formula is C23H28ClN3O3. The van der Waals surface area contributed by atoms with Gasteiger partial charge in [0.05, 0.1) is 6.61 Å². The van der Waals surface area contributed by atoms with Crippen molar-refractivity contribution in [1.29, 1.82) is 0 Å². The zero-order valence-corrected chi connectivity index (χ0v) is 18.0. The van der Waals surface area contributed by atoms with Crippen LogP contribution < -0.4 is 15.4 Å². The summed E-state index contributed by atoms with van der Waals surface area (Å²) in [6.07, 6.45) is 2.10.